The molecule has 1 atom stereocenters. The van der Waals surface area contributed by atoms with E-state index in [4.69, 9.17) is 4.52 Å². The van der Waals surface area contributed by atoms with Crippen LogP contribution in [0.5, 0.6) is 0 Å². The lowest BCUT2D eigenvalue weighted by atomic mass is 10.1. The lowest BCUT2D eigenvalue weighted by Gasteiger charge is -2.17. The van der Waals surface area contributed by atoms with Crippen LogP contribution in [0.1, 0.15) is 16.8 Å². The molecule has 4 rings (SSSR count). The number of para-hydroxylation sites is 1. The van der Waals surface area contributed by atoms with Gasteiger partial charge in [-0.2, -0.15) is 4.98 Å². The number of hydrogen-bond donors (Lipinski definition) is 1. The van der Waals surface area contributed by atoms with E-state index in [2.05, 4.69) is 15.5 Å². The third-order valence-electron chi connectivity index (χ3n) is 4.27. The van der Waals surface area contributed by atoms with Gasteiger partial charge in [0.15, 0.2) is 0 Å². The van der Waals surface area contributed by atoms with E-state index in [1.807, 2.05) is 30.3 Å². The molecule has 1 saturated heterocycles. The molecule has 0 saturated carbocycles. The van der Waals surface area contributed by atoms with Gasteiger partial charge in [0.2, 0.25) is 18.1 Å². The lowest BCUT2D eigenvalue weighted by molar-refractivity contribution is -0.117. The molecule has 1 fully saturated rings. The lowest BCUT2D eigenvalue weighted by Crippen LogP contribution is -2.37. The number of hydrogen-bond acceptors (Lipinski definition) is 5. The fraction of sp³-hybridized carbons (Fsp3) is 0.158. The van der Waals surface area contributed by atoms with Gasteiger partial charge in [-0.05, 0) is 24.3 Å². The minimum absolute atomic E-state index is 0.00190. The molecular formula is C19H16N4O3. The van der Waals surface area contributed by atoms with Crippen molar-refractivity contribution in [3.05, 3.63) is 66.6 Å². The van der Waals surface area contributed by atoms with E-state index in [-0.39, 0.29) is 24.3 Å². The number of carbonyl (C=O) groups excluding carboxylic acids is 2. The third kappa shape index (κ3) is 3.19. The van der Waals surface area contributed by atoms with E-state index in [0.717, 1.165) is 5.69 Å². The van der Waals surface area contributed by atoms with E-state index in [1.54, 1.807) is 29.2 Å². The molecule has 130 valence electrons. The topological polar surface area (TPSA) is 88.3 Å². The minimum Gasteiger partial charge on any atom is -0.347 e. The maximum atomic E-state index is 12.6. The van der Waals surface area contributed by atoms with Crippen molar-refractivity contribution in [3.63, 3.8) is 0 Å². The zero-order valence-electron chi connectivity index (χ0n) is 13.8. The first-order valence-corrected chi connectivity index (χ1v) is 8.24. The Morgan fingerprint density at radius 1 is 1.15 bits per heavy atom. The smallest absolute Gasteiger partial charge is 0.251 e. The van der Waals surface area contributed by atoms with E-state index in [9.17, 15) is 9.59 Å². The Hall–Kier alpha value is -3.48. The molecule has 1 aliphatic heterocycles. The first-order chi connectivity index (χ1) is 12.7. The van der Waals surface area contributed by atoms with Crippen molar-refractivity contribution >= 4 is 17.5 Å². The highest BCUT2D eigenvalue weighted by Crippen LogP contribution is 2.22. The third-order valence-corrected chi connectivity index (χ3v) is 4.27. The fourth-order valence-corrected chi connectivity index (χ4v) is 3.03. The van der Waals surface area contributed by atoms with Crippen molar-refractivity contribution in [1.82, 2.24) is 15.5 Å². The average Bonchev–Trinajstić information content (AvgIpc) is 3.32. The van der Waals surface area contributed by atoms with Gasteiger partial charge in [-0.3, -0.25) is 9.59 Å². The Labute approximate surface area is 149 Å². The molecular weight excluding hydrogens is 332 g/mol. The Morgan fingerprint density at radius 3 is 2.77 bits per heavy atom. The van der Waals surface area contributed by atoms with Gasteiger partial charge < -0.3 is 14.7 Å². The molecule has 0 spiro atoms. The quantitative estimate of drug-likeness (QED) is 0.781. The monoisotopic (exact) mass is 348 g/mol. The molecule has 2 amide bonds. The molecule has 7 heteroatoms. The SMILES string of the molecule is O=C(N[C@H]1CC(=O)N(c2ccccc2)C1)c1cccc(-c2ncon2)c1. The van der Waals surface area contributed by atoms with E-state index >= 15 is 0 Å². The Balaban J connectivity index is 1.46. The molecule has 1 aromatic heterocycles. The maximum Gasteiger partial charge on any atom is 0.251 e. The Bertz CT molecular complexity index is 925. The first-order valence-electron chi connectivity index (χ1n) is 8.24. The average molecular weight is 348 g/mol. The summed E-state index contributed by atoms with van der Waals surface area (Å²) in [6.07, 6.45) is 1.52. The first kappa shape index (κ1) is 16.0. The van der Waals surface area contributed by atoms with Gasteiger partial charge >= 0.3 is 0 Å². The van der Waals surface area contributed by atoms with Crippen molar-refractivity contribution in [2.45, 2.75) is 12.5 Å². The highest BCUT2D eigenvalue weighted by atomic mass is 16.5. The number of benzene rings is 2. The highest BCUT2D eigenvalue weighted by Gasteiger charge is 2.31. The number of amides is 2. The summed E-state index contributed by atoms with van der Waals surface area (Å²) in [4.78, 5) is 30.5. The van der Waals surface area contributed by atoms with Gasteiger partial charge in [-0.25, -0.2) is 0 Å². The molecule has 0 bridgehead atoms. The van der Waals surface area contributed by atoms with Crippen LogP contribution in [-0.4, -0.2) is 34.5 Å². The number of nitrogens with zero attached hydrogens (tertiary/aromatic N) is 3. The van der Waals surface area contributed by atoms with Crippen molar-refractivity contribution in [3.8, 4) is 11.4 Å². The van der Waals surface area contributed by atoms with E-state index in [1.165, 1.54) is 6.39 Å². The van der Waals surface area contributed by atoms with Crippen molar-refractivity contribution in [2.75, 3.05) is 11.4 Å². The molecule has 0 radical (unpaired) electrons. The van der Waals surface area contributed by atoms with Crippen LogP contribution >= 0.6 is 0 Å². The molecule has 1 N–H and O–H groups in total. The predicted octanol–water partition coefficient (Wildman–Crippen LogP) is 2.27. The molecule has 0 aliphatic carbocycles. The molecule has 2 aromatic carbocycles. The maximum absolute atomic E-state index is 12.6. The van der Waals surface area contributed by atoms with Crippen LogP contribution in [-0.2, 0) is 4.79 Å². The van der Waals surface area contributed by atoms with Crippen molar-refractivity contribution < 1.29 is 14.1 Å². The number of carbonyl (C=O) groups is 2. The predicted molar refractivity (Wildman–Crippen MR) is 94.4 cm³/mol. The van der Waals surface area contributed by atoms with Crippen LogP contribution in [0.15, 0.2) is 65.5 Å². The standard InChI is InChI=1S/C19H16N4O3/c24-17-10-15(11-23(17)16-7-2-1-3-8-16)21-19(25)14-6-4-5-13(9-14)18-20-12-26-22-18/h1-9,12,15H,10-11H2,(H,21,25)/t15-/m0/s1. The summed E-state index contributed by atoms with van der Waals surface area (Å²) in [6.45, 7) is 0.457. The van der Waals surface area contributed by atoms with Crippen molar-refractivity contribution in [1.29, 1.82) is 0 Å². The van der Waals surface area contributed by atoms with Gasteiger partial charge in [-0.15, -0.1) is 0 Å². The molecule has 7 nitrogen and oxygen atoms in total. The second-order valence-corrected chi connectivity index (χ2v) is 6.05. The minimum atomic E-state index is -0.233. The largest absolute Gasteiger partial charge is 0.347 e. The van der Waals surface area contributed by atoms with Crippen LogP contribution in [0.4, 0.5) is 5.69 Å². The Kier molecular flexibility index (Phi) is 4.18. The van der Waals surface area contributed by atoms with Gasteiger partial charge in [-0.1, -0.05) is 35.5 Å². The van der Waals surface area contributed by atoms with Crippen LogP contribution in [0, 0.1) is 0 Å². The molecule has 0 unspecified atom stereocenters. The second kappa shape index (κ2) is 6.79. The normalized spacial score (nSPS) is 16.7. The van der Waals surface area contributed by atoms with Crippen LogP contribution in [0.25, 0.3) is 11.4 Å². The van der Waals surface area contributed by atoms with E-state index in [0.29, 0.717) is 23.5 Å². The molecule has 26 heavy (non-hydrogen) atoms. The van der Waals surface area contributed by atoms with Crippen LogP contribution in [0.2, 0.25) is 0 Å². The second-order valence-electron chi connectivity index (χ2n) is 6.05. The number of anilines is 1. The molecule has 3 aromatic rings. The summed E-state index contributed by atoms with van der Waals surface area (Å²) >= 11 is 0. The van der Waals surface area contributed by atoms with Gasteiger partial charge in [0.25, 0.3) is 5.91 Å². The van der Waals surface area contributed by atoms with Crippen LogP contribution in [0.3, 0.4) is 0 Å². The summed E-state index contributed by atoms with van der Waals surface area (Å²) in [5, 5.41) is 6.71. The number of aromatic nitrogens is 2. The summed E-state index contributed by atoms with van der Waals surface area (Å²) in [7, 11) is 0. The van der Waals surface area contributed by atoms with Crippen molar-refractivity contribution in [2.24, 2.45) is 0 Å². The summed E-state index contributed by atoms with van der Waals surface area (Å²) in [5.74, 6) is 0.191. The van der Waals surface area contributed by atoms with E-state index < -0.39 is 0 Å². The van der Waals surface area contributed by atoms with Crippen LogP contribution < -0.4 is 10.2 Å². The summed E-state index contributed by atoms with van der Waals surface area (Å²) in [6, 6.07) is 16.2. The fourth-order valence-electron chi connectivity index (χ4n) is 3.03. The number of rotatable bonds is 4. The summed E-state index contributed by atoms with van der Waals surface area (Å²) in [5.41, 5.74) is 2.02. The van der Waals surface area contributed by atoms with Gasteiger partial charge in [0, 0.05) is 29.8 Å². The molecule has 1 aliphatic rings. The number of nitrogens with one attached hydrogen (secondary N) is 1. The zero-order chi connectivity index (χ0) is 17.9. The zero-order valence-corrected chi connectivity index (χ0v) is 13.8. The van der Waals surface area contributed by atoms with Gasteiger partial charge in [0.05, 0.1) is 6.04 Å². The summed E-state index contributed by atoms with van der Waals surface area (Å²) < 4.78 is 4.74. The molecule has 2 heterocycles. The Morgan fingerprint density at radius 2 is 2.00 bits per heavy atom. The van der Waals surface area contributed by atoms with Gasteiger partial charge in [0.1, 0.15) is 0 Å². The highest BCUT2D eigenvalue weighted by molar-refractivity contribution is 5.99.